The summed E-state index contributed by atoms with van der Waals surface area (Å²) >= 11 is 0. The van der Waals surface area contributed by atoms with Crippen molar-refractivity contribution in [1.82, 2.24) is 4.72 Å². The number of nitrogens with zero attached hydrogens (tertiary/aromatic N) is 1. The SMILES string of the molecule is CC(C)(C)CCCc1ccc2cc(O)c(N3C=C(O)NS3(=O)=O)cc2c1. The van der Waals surface area contributed by atoms with Gasteiger partial charge in [0.2, 0.25) is 5.88 Å². The Kier molecular flexibility index (Phi) is 4.52. The quantitative estimate of drug-likeness (QED) is 0.754. The van der Waals surface area contributed by atoms with Crippen LogP contribution in [-0.2, 0) is 16.6 Å². The van der Waals surface area contributed by atoms with Gasteiger partial charge in [0.15, 0.2) is 0 Å². The molecule has 3 N–H and O–H groups in total. The first-order chi connectivity index (χ1) is 12.0. The van der Waals surface area contributed by atoms with Crippen molar-refractivity contribution in [2.75, 3.05) is 4.31 Å². The summed E-state index contributed by atoms with van der Waals surface area (Å²) in [7, 11) is -3.94. The molecule has 0 radical (unpaired) electrons. The molecule has 0 saturated heterocycles. The Bertz CT molecular complexity index is 975. The minimum Gasteiger partial charge on any atom is -0.506 e. The molecule has 1 aliphatic rings. The predicted octanol–water partition coefficient (Wildman–Crippen LogP) is 3.93. The van der Waals surface area contributed by atoms with Crippen molar-refractivity contribution >= 4 is 26.7 Å². The van der Waals surface area contributed by atoms with Gasteiger partial charge in [0.25, 0.3) is 0 Å². The number of aliphatic hydroxyl groups is 1. The number of hydrogen-bond acceptors (Lipinski definition) is 4. The summed E-state index contributed by atoms with van der Waals surface area (Å²) in [4.78, 5) is 0. The molecule has 2 aromatic carbocycles. The molecule has 0 saturated carbocycles. The number of phenols is 1. The first-order valence-corrected chi connectivity index (χ1v) is 9.98. The summed E-state index contributed by atoms with van der Waals surface area (Å²) in [6, 6.07) is 9.12. The maximum absolute atomic E-state index is 12.1. The van der Waals surface area contributed by atoms with Crippen LogP contribution in [0.3, 0.4) is 0 Å². The molecule has 0 fully saturated rings. The second-order valence-electron chi connectivity index (χ2n) is 7.85. The number of hydrogen-bond donors (Lipinski definition) is 3. The Labute approximate surface area is 153 Å². The zero-order valence-corrected chi connectivity index (χ0v) is 16.0. The normalized spacial score (nSPS) is 16.6. The number of aliphatic hydroxyl groups excluding tert-OH is 1. The van der Waals surface area contributed by atoms with Crippen LogP contribution in [0.4, 0.5) is 5.69 Å². The molecule has 0 atom stereocenters. The Morgan fingerprint density at radius 2 is 1.81 bits per heavy atom. The lowest BCUT2D eigenvalue weighted by atomic mass is 9.89. The van der Waals surface area contributed by atoms with Crippen LogP contribution in [0.25, 0.3) is 10.8 Å². The van der Waals surface area contributed by atoms with Gasteiger partial charge in [-0.25, -0.2) is 9.03 Å². The van der Waals surface area contributed by atoms with Gasteiger partial charge in [-0.05, 0) is 53.1 Å². The van der Waals surface area contributed by atoms with Crippen molar-refractivity contribution < 1.29 is 18.6 Å². The average molecular weight is 376 g/mol. The lowest BCUT2D eigenvalue weighted by Crippen LogP contribution is -2.29. The molecule has 140 valence electrons. The number of phenolic OH excluding ortho intramolecular Hbond substituents is 1. The van der Waals surface area contributed by atoms with Crippen LogP contribution in [-0.4, -0.2) is 18.6 Å². The van der Waals surface area contributed by atoms with Crippen molar-refractivity contribution in [3.8, 4) is 5.75 Å². The van der Waals surface area contributed by atoms with E-state index in [-0.39, 0.29) is 11.4 Å². The van der Waals surface area contributed by atoms with E-state index in [4.69, 9.17) is 0 Å². The van der Waals surface area contributed by atoms with E-state index in [2.05, 4.69) is 20.8 Å². The van der Waals surface area contributed by atoms with Gasteiger partial charge in [0, 0.05) is 0 Å². The Morgan fingerprint density at radius 3 is 2.42 bits per heavy atom. The summed E-state index contributed by atoms with van der Waals surface area (Å²) in [5.41, 5.74) is 1.56. The summed E-state index contributed by atoms with van der Waals surface area (Å²) in [5, 5.41) is 21.4. The van der Waals surface area contributed by atoms with E-state index in [0.29, 0.717) is 5.41 Å². The fourth-order valence-corrected chi connectivity index (χ4v) is 4.12. The lowest BCUT2D eigenvalue weighted by Gasteiger charge is -2.18. The molecule has 0 aliphatic carbocycles. The number of fused-ring (bicyclic) bond motifs is 1. The van der Waals surface area contributed by atoms with Crippen LogP contribution >= 0.6 is 0 Å². The molecular formula is C19H24N2O4S. The van der Waals surface area contributed by atoms with Gasteiger partial charge in [-0.2, -0.15) is 8.42 Å². The molecule has 0 unspecified atom stereocenters. The van der Waals surface area contributed by atoms with Gasteiger partial charge in [0.1, 0.15) is 11.4 Å². The summed E-state index contributed by atoms with van der Waals surface area (Å²) in [5.74, 6) is -0.658. The van der Waals surface area contributed by atoms with Crippen LogP contribution in [0.2, 0.25) is 0 Å². The number of benzene rings is 2. The predicted molar refractivity (Wildman–Crippen MR) is 103 cm³/mol. The number of anilines is 1. The van der Waals surface area contributed by atoms with Gasteiger partial charge < -0.3 is 10.2 Å². The highest BCUT2D eigenvalue weighted by atomic mass is 32.2. The molecule has 6 nitrogen and oxygen atoms in total. The Balaban J connectivity index is 1.93. The zero-order chi connectivity index (χ0) is 19.1. The molecule has 0 spiro atoms. The molecule has 0 aromatic heterocycles. The van der Waals surface area contributed by atoms with Crippen LogP contribution in [0, 0.1) is 5.41 Å². The minimum atomic E-state index is -3.94. The third-order valence-corrected chi connectivity index (χ3v) is 5.65. The monoisotopic (exact) mass is 376 g/mol. The van der Waals surface area contributed by atoms with E-state index in [0.717, 1.165) is 40.5 Å². The largest absolute Gasteiger partial charge is 0.506 e. The molecule has 1 heterocycles. The van der Waals surface area contributed by atoms with Crippen LogP contribution in [0.5, 0.6) is 5.75 Å². The maximum atomic E-state index is 12.1. The highest BCUT2D eigenvalue weighted by Gasteiger charge is 2.30. The molecule has 26 heavy (non-hydrogen) atoms. The van der Waals surface area contributed by atoms with E-state index in [9.17, 15) is 18.6 Å². The fourth-order valence-electron chi connectivity index (χ4n) is 3.07. The highest BCUT2D eigenvalue weighted by Crippen LogP contribution is 2.36. The number of aromatic hydroxyl groups is 1. The topological polar surface area (TPSA) is 89.9 Å². The van der Waals surface area contributed by atoms with Crippen LogP contribution in [0.1, 0.15) is 39.2 Å². The van der Waals surface area contributed by atoms with Crippen molar-refractivity contribution in [1.29, 1.82) is 0 Å². The van der Waals surface area contributed by atoms with Crippen LogP contribution < -0.4 is 9.03 Å². The molecule has 3 rings (SSSR count). The van der Waals surface area contributed by atoms with Gasteiger partial charge >= 0.3 is 10.2 Å². The Morgan fingerprint density at radius 1 is 1.08 bits per heavy atom. The number of nitrogens with one attached hydrogen (secondary N) is 1. The molecule has 2 aromatic rings. The van der Waals surface area contributed by atoms with E-state index in [1.54, 1.807) is 6.07 Å². The molecular weight excluding hydrogens is 352 g/mol. The summed E-state index contributed by atoms with van der Waals surface area (Å²) in [6.07, 6.45) is 4.16. The van der Waals surface area contributed by atoms with Gasteiger partial charge in [-0.15, -0.1) is 0 Å². The molecule has 7 heteroatoms. The second-order valence-corrected chi connectivity index (χ2v) is 9.40. The maximum Gasteiger partial charge on any atom is 0.330 e. The highest BCUT2D eigenvalue weighted by molar-refractivity contribution is 7.91. The van der Waals surface area contributed by atoms with E-state index >= 15 is 0 Å². The smallest absolute Gasteiger partial charge is 0.330 e. The Hall–Kier alpha value is -2.41. The zero-order valence-electron chi connectivity index (χ0n) is 15.2. The average Bonchev–Trinajstić information content (AvgIpc) is 2.78. The lowest BCUT2D eigenvalue weighted by molar-refractivity contribution is 0.365. The van der Waals surface area contributed by atoms with Crippen molar-refractivity contribution in [2.45, 2.75) is 40.0 Å². The molecule has 0 amide bonds. The number of rotatable bonds is 4. The van der Waals surface area contributed by atoms with Crippen molar-refractivity contribution in [3.63, 3.8) is 0 Å². The second kappa shape index (κ2) is 6.39. The first-order valence-electron chi connectivity index (χ1n) is 8.54. The molecule has 1 aliphatic heterocycles. The first kappa shape index (κ1) is 18.4. The standard InChI is InChI=1S/C19H24N2O4S/c1-19(2,3)8-4-5-13-6-7-14-11-17(22)16(10-15(14)9-13)21-12-18(23)20-26(21,24)25/h6-7,9-12,20,22-23H,4-5,8H2,1-3H3. The van der Waals surface area contributed by atoms with Crippen LogP contribution in [0.15, 0.2) is 42.4 Å². The molecule has 0 bridgehead atoms. The third kappa shape index (κ3) is 3.88. The van der Waals surface area contributed by atoms with Gasteiger partial charge in [-0.3, -0.25) is 0 Å². The minimum absolute atomic E-state index is 0.0980. The van der Waals surface area contributed by atoms with Crippen molar-refractivity contribution in [3.05, 3.63) is 48.0 Å². The van der Waals surface area contributed by atoms with E-state index < -0.39 is 16.1 Å². The van der Waals surface area contributed by atoms with E-state index in [1.165, 1.54) is 11.6 Å². The summed E-state index contributed by atoms with van der Waals surface area (Å²) in [6.45, 7) is 6.65. The van der Waals surface area contributed by atoms with E-state index in [1.807, 2.05) is 22.9 Å². The van der Waals surface area contributed by atoms with Gasteiger partial charge in [0.05, 0.1) is 6.20 Å². The van der Waals surface area contributed by atoms with Crippen molar-refractivity contribution in [2.24, 2.45) is 5.41 Å². The van der Waals surface area contributed by atoms with Gasteiger partial charge in [-0.1, -0.05) is 39.0 Å². The summed E-state index contributed by atoms with van der Waals surface area (Å²) < 4.78 is 26.9. The fraction of sp³-hybridized carbons (Fsp3) is 0.368. The number of aryl methyl sites for hydroxylation is 1. The third-order valence-electron chi connectivity index (χ3n) is 4.36.